The molecule has 0 fully saturated rings. The van der Waals surface area contributed by atoms with Crippen molar-refractivity contribution < 1.29 is 0 Å². The lowest BCUT2D eigenvalue weighted by atomic mass is 10.1. The summed E-state index contributed by atoms with van der Waals surface area (Å²) in [5.74, 6) is 0. The molecule has 0 aliphatic carbocycles. The van der Waals surface area contributed by atoms with Gasteiger partial charge in [0.15, 0.2) is 0 Å². The number of aromatic nitrogens is 5. The summed E-state index contributed by atoms with van der Waals surface area (Å²) in [6.45, 7) is 0. The number of fused-ring (bicyclic) bond motifs is 12. The third kappa shape index (κ3) is 4.27. The zero-order valence-corrected chi connectivity index (χ0v) is 31.3. The quantitative estimate of drug-likeness (QED) is 0.177. The summed E-state index contributed by atoms with van der Waals surface area (Å²) in [4.78, 5) is 4.85. The van der Waals surface area contributed by atoms with E-state index in [0.29, 0.717) is 0 Å². The Bertz CT molecular complexity index is 3640. The summed E-state index contributed by atoms with van der Waals surface area (Å²) in [5, 5.41) is 9.80. The Kier molecular flexibility index (Phi) is 6.38. The maximum Gasteiger partial charge on any atom is 0.145 e. The van der Waals surface area contributed by atoms with E-state index in [1.54, 1.807) is 0 Å². The smallest absolute Gasteiger partial charge is 0.145 e. The fourth-order valence-electron chi connectivity index (χ4n) is 9.76. The van der Waals surface area contributed by atoms with Crippen LogP contribution in [0.3, 0.4) is 0 Å². The van der Waals surface area contributed by atoms with Crippen LogP contribution in [0.5, 0.6) is 0 Å². The van der Waals surface area contributed by atoms with Crippen molar-refractivity contribution in [1.82, 2.24) is 23.3 Å². The van der Waals surface area contributed by atoms with Crippen LogP contribution in [0.25, 0.3) is 110 Å². The summed E-state index contributed by atoms with van der Waals surface area (Å²) >= 11 is 0. The molecule has 0 radical (unpaired) electrons. The van der Waals surface area contributed by atoms with Crippen molar-refractivity contribution in [3.63, 3.8) is 0 Å². The molecule has 0 atom stereocenters. The SMILES string of the molecule is c1ccc2c(c1)c1ccccc1n2-c1ccc2c(c1)c1ccc(-n3c4ccccc4c4ccccc43)cc1n2-c1ccc(-n2c3ccccc3c3cccnc32)cc1. The molecule has 13 rings (SSSR count). The fraction of sp³-hybridized carbons (Fsp3) is 0. The van der Waals surface area contributed by atoms with Gasteiger partial charge in [-0.2, -0.15) is 0 Å². The number of rotatable bonds is 4. The first-order chi connectivity index (χ1) is 28.8. The van der Waals surface area contributed by atoms with E-state index in [2.05, 4.69) is 206 Å². The molecule has 8 aromatic carbocycles. The van der Waals surface area contributed by atoms with Gasteiger partial charge in [0, 0.05) is 72.0 Å². The average molecular weight is 740 g/mol. The molecular weight excluding hydrogens is 707 g/mol. The predicted octanol–water partition coefficient (Wildman–Crippen LogP) is 13.5. The van der Waals surface area contributed by atoms with E-state index >= 15 is 0 Å². The molecule has 0 aliphatic heterocycles. The van der Waals surface area contributed by atoms with Gasteiger partial charge in [-0.05, 0) is 97.1 Å². The highest BCUT2D eigenvalue weighted by Gasteiger charge is 2.19. The number of nitrogens with zero attached hydrogens (tertiary/aromatic N) is 5. The van der Waals surface area contributed by atoms with Crippen LogP contribution in [0, 0.1) is 0 Å². The third-order valence-electron chi connectivity index (χ3n) is 12.2. The van der Waals surface area contributed by atoms with Gasteiger partial charge in [-0.25, -0.2) is 4.98 Å². The molecule has 58 heavy (non-hydrogen) atoms. The van der Waals surface area contributed by atoms with E-state index in [-0.39, 0.29) is 0 Å². The number of para-hydroxylation sites is 5. The zero-order chi connectivity index (χ0) is 37.9. The highest BCUT2D eigenvalue weighted by atomic mass is 15.1. The number of pyridine rings is 1. The van der Waals surface area contributed by atoms with Crippen LogP contribution in [0.2, 0.25) is 0 Å². The van der Waals surface area contributed by atoms with Gasteiger partial charge in [-0.15, -0.1) is 0 Å². The maximum absolute atomic E-state index is 4.85. The van der Waals surface area contributed by atoms with Crippen molar-refractivity contribution in [2.45, 2.75) is 0 Å². The van der Waals surface area contributed by atoms with Crippen LogP contribution in [0.4, 0.5) is 0 Å². The summed E-state index contributed by atoms with van der Waals surface area (Å²) in [6.07, 6.45) is 1.88. The summed E-state index contributed by atoms with van der Waals surface area (Å²) in [5.41, 5.74) is 13.7. The standard InChI is InChI=1S/C53H33N5/c1-6-18-46-38(12-1)39-13-2-7-19-47(39)56(46)36-28-30-51-45(32-36)43-29-27-37(57-48-20-8-3-14-40(48)41-15-4-9-21-49(41)57)33-52(43)55(51)34-23-25-35(26-24-34)58-50-22-10-5-16-42(50)44-17-11-31-54-53(44)58/h1-33H. The summed E-state index contributed by atoms with van der Waals surface area (Å²) in [7, 11) is 0. The molecule has 0 spiro atoms. The van der Waals surface area contributed by atoms with E-state index in [9.17, 15) is 0 Å². The van der Waals surface area contributed by atoms with E-state index < -0.39 is 0 Å². The monoisotopic (exact) mass is 739 g/mol. The topological polar surface area (TPSA) is 32.6 Å². The van der Waals surface area contributed by atoms with Crippen molar-refractivity contribution in [3.8, 4) is 22.7 Å². The fourth-order valence-corrected chi connectivity index (χ4v) is 9.76. The van der Waals surface area contributed by atoms with Crippen molar-refractivity contribution in [2.75, 3.05) is 0 Å². The molecule has 0 saturated heterocycles. The van der Waals surface area contributed by atoms with Gasteiger partial charge in [0.05, 0.1) is 38.6 Å². The van der Waals surface area contributed by atoms with Crippen LogP contribution < -0.4 is 0 Å². The normalized spacial score (nSPS) is 12.1. The highest BCUT2D eigenvalue weighted by Crippen LogP contribution is 2.40. The first-order valence-corrected chi connectivity index (χ1v) is 19.8. The second-order valence-corrected chi connectivity index (χ2v) is 15.2. The Balaban J connectivity index is 1.07. The molecule has 0 amide bonds. The second kappa shape index (κ2) is 11.8. The summed E-state index contributed by atoms with van der Waals surface area (Å²) in [6, 6.07) is 70.6. The van der Waals surface area contributed by atoms with Crippen LogP contribution >= 0.6 is 0 Å². The molecule has 5 aromatic heterocycles. The molecular formula is C53H33N5. The molecule has 5 nitrogen and oxygen atoms in total. The number of hydrogen-bond acceptors (Lipinski definition) is 1. The van der Waals surface area contributed by atoms with E-state index in [4.69, 9.17) is 4.98 Å². The second-order valence-electron chi connectivity index (χ2n) is 15.2. The van der Waals surface area contributed by atoms with Crippen molar-refractivity contribution in [2.24, 2.45) is 0 Å². The predicted molar refractivity (Wildman–Crippen MR) is 242 cm³/mol. The Hall–Kier alpha value is -7.89. The van der Waals surface area contributed by atoms with Crippen LogP contribution in [-0.4, -0.2) is 23.3 Å². The van der Waals surface area contributed by atoms with E-state index in [0.717, 1.165) is 50.3 Å². The van der Waals surface area contributed by atoms with Gasteiger partial charge in [0.25, 0.3) is 0 Å². The van der Waals surface area contributed by atoms with Crippen LogP contribution in [0.1, 0.15) is 0 Å². The minimum Gasteiger partial charge on any atom is -0.309 e. The summed E-state index contributed by atoms with van der Waals surface area (Å²) < 4.78 is 9.53. The van der Waals surface area contributed by atoms with Gasteiger partial charge in [-0.1, -0.05) is 97.1 Å². The lowest BCUT2D eigenvalue weighted by Crippen LogP contribution is -1.99. The lowest BCUT2D eigenvalue weighted by molar-refractivity contribution is 1.12. The molecule has 5 heterocycles. The molecule has 270 valence electrons. The Morgan fingerprint density at radius 2 is 0.603 bits per heavy atom. The number of benzene rings is 8. The first kappa shape index (κ1) is 31.3. The molecule has 0 N–H and O–H groups in total. The minimum absolute atomic E-state index is 0.960. The van der Waals surface area contributed by atoms with Crippen molar-refractivity contribution >= 4 is 87.4 Å². The van der Waals surface area contributed by atoms with Crippen LogP contribution in [0.15, 0.2) is 200 Å². The van der Waals surface area contributed by atoms with Crippen molar-refractivity contribution in [3.05, 3.63) is 200 Å². The van der Waals surface area contributed by atoms with Gasteiger partial charge in [0.1, 0.15) is 5.65 Å². The first-order valence-electron chi connectivity index (χ1n) is 19.8. The molecule has 0 unspecified atom stereocenters. The largest absolute Gasteiger partial charge is 0.309 e. The van der Waals surface area contributed by atoms with Gasteiger partial charge in [-0.3, -0.25) is 4.57 Å². The van der Waals surface area contributed by atoms with E-state index in [1.807, 2.05) is 12.3 Å². The molecule has 0 bridgehead atoms. The zero-order valence-electron chi connectivity index (χ0n) is 31.3. The Morgan fingerprint density at radius 3 is 1.16 bits per heavy atom. The van der Waals surface area contributed by atoms with E-state index in [1.165, 1.54) is 59.8 Å². The van der Waals surface area contributed by atoms with Crippen LogP contribution in [-0.2, 0) is 0 Å². The van der Waals surface area contributed by atoms with Crippen molar-refractivity contribution in [1.29, 1.82) is 0 Å². The molecule has 0 saturated carbocycles. The third-order valence-corrected chi connectivity index (χ3v) is 12.2. The Labute approximate surface area is 332 Å². The number of hydrogen-bond donors (Lipinski definition) is 0. The molecule has 13 aromatic rings. The maximum atomic E-state index is 4.85. The molecule has 0 aliphatic rings. The lowest BCUT2D eigenvalue weighted by Gasteiger charge is -2.13. The minimum atomic E-state index is 0.960. The molecule has 5 heteroatoms. The Morgan fingerprint density at radius 1 is 0.241 bits per heavy atom. The van der Waals surface area contributed by atoms with Gasteiger partial charge < -0.3 is 13.7 Å². The average Bonchev–Trinajstić information content (AvgIpc) is 4.01. The van der Waals surface area contributed by atoms with Gasteiger partial charge in [0.2, 0.25) is 0 Å². The highest BCUT2D eigenvalue weighted by molar-refractivity contribution is 6.14. The van der Waals surface area contributed by atoms with Gasteiger partial charge >= 0.3 is 0 Å².